The Labute approximate surface area is 151 Å². The summed E-state index contributed by atoms with van der Waals surface area (Å²) in [6.07, 6.45) is 3.37. The lowest BCUT2D eigenvalue weighted by Crippen LogP contribution is -2.45. The van der Waals surface area contributed by atoms with Crippen LogP contribution in [0.1, 0.15) is 28.8 Å². The van der Waals surface area contributed by atoms with Gasteiger partial charge in [-0.15, -0.1) is 0 Å². The molecule has 1 amide bonds. The second kappa shape index (κ2) is 6.07. The number of carbonyl (C=O) groups excluding carboxylic acids is 1. The average molecular weight is 360 g/mol. The average Bonchev–Trinajstić information content (AvgIpc) is 2.91. The topological polar surface area (TPSA) is 36.4 Å². The van der Waals surface area contributed by atoms with Crippen molar-refractivity contribution in [3.05, 3.63) is 58.6 Å². The Morgan fingerprint density at radius 1 is 1.28 bits per heavy atom. The lowest BCUT2D eigenvalue weighted by molar-refractivity contribution is 0.0978. The van der Waals surface area contributed by atoms with E-state index < -0.39 is 0 Å². The SMILES string of the molecule is CN1CCC2(CC1)CN(C(=O)c1cccnc1Cl)c1ccc(F)cc12. The molecule has 25 heavy (non-hydrogen) atoms. The summed E-state index contributed by atoms with van der Waals surface area (Å²) in [6.45, 7) is 2.43. The van der Waals surface area contributed by atoms with Gasteiger partial charge in [-0.25, -0.2) is 9.37 Å². The molecule has 6 heteroatoms. The zero-order chi connectivity index (χ0) is 17.6. The van der Waals surface area contributed by atoms with Crippen LogP contribution in [0.2, 0.25) is 5.15 Å². The summed E-state index contributed by atoms with van der Waals surface area (Å²) in [6, 6.07) is 8.10. The first-order valence-corrected chi connectivity index (χ1v) is 8.79. The van der Waals surface area contributed by atoms with Crippen LogP contribution in [0.25, 0.3) is 0 Å². The van der Waals surface area contributed by atoms with Crippen LogP contribution in [0.15, 0.2) is 36.5 Å². The molecule has 1 spiro atoms. The van der Waals surface area contributed by atoms with Crippen LogP contribution < -0.4 is 4.90 Å². The van der Waals surface area contributed by atoms with E-state index in [2.05, 4.69) is 16.9 Å². The summed E-state index contributed by atoms with van der Waals surface area (Å²) in [5.74, 6) is -0.437. The van der Waals surface area contributed by atoms with Crippen LogP contribution >= 0.6 is 11.6 Å². The Hall–Kier alpha value is -1.98. The quantitative estimate of drug-likeness (QED) is 0.731. The van der Waals surface area contributed by atoms with E-state index in [1.165, 1.54) is 6.07 Å². The van der Waals surface area contributed by atoms with Crippen molar-refractivity contribution in [2.45, 2.75) is 18.3 Å². The highest BCUT2D eigenvalue weighted by Gasteiger charge is 2.46. The molecule has 2 aliphatic rings. The summed E-state index contributed by atoms with van der Waals surface area (Å²) in [5.41, 5.74) is 1.92. The molecule has 1 fully saturated rings. The number of rotatable bonds is 1. The monoisotopic (exact) mass is 359 g/mol. The van der Waals surface area contributed by atoms with E-state index in [0.717, 1.165) is 37.2 Å². The highest BCUT2D eigenvalue weighted by atomic mass is 35.5. The number of pyridine rings is 1. The summed E-state index contributed by atoms with van der Waals surface area (Å²) in [4.78, 5) is 21.1. The molecule has 130 valence electrons. The fraction of sp³-hybridized carbons (Fsp3) is 0.368. The van der Waals surface area contributed by atoms with Crippen molar-refractivity contribution < 1.29 is 9.18 Å². The zero-order valence-corrected chi connectivity index (χ0v) is 14.8. The van der Waals surface area contributed by atoms with Crippen molar-refractivity contribution in [3.8, 4) is 0 Å². The fourth-order valence-corrected chi connectivity index (χ4v) is 4.19. The van der Waals surface area contributed by atoms with Gasteiger partial charge in [-0.1, -0.05) is 11.6 Å². The maximum absolute atomic E-state index is 13.9. The van der Waals surface area contributed by atoms with E-state index in [9.17, 15) is 9.18 Å². The zero-order valence-electron chi connectivity index (χ0n) is 14.0. The van der Waals surface area contributed by atoms with E-state index in [1.807, 2.05) is 0 Å². The standard InChI is InChI=1S/C19H19ClFN3O/c1-23-9-6-19(7-10-23)12-24(16-5-4-13(21)11-15(16)19)18(25)14-3-2-8-22-17(14)20/h2-5,8,11H,6-7,9-10,12H2,1H3. The number of hydrogen-bond donors (Lipinski definition) is 0. The van der Waals surface area contributed by atoms with Gasteiger partial charge in [0, 0.05) is 23.8 Å². The molecule has 0 bridgehead atoms. The molecule has 4 rings (SSSR count). The highest BCUT2D eigenvalue weighted by Crippen LogP contribution is 2.47. The van der Waals surface area contributed by atoms with Crippen LogP contribution in [-0.4, -0.2) is 42.5 Å². The Kier molecular flexibility index (Phi) is 4.01. The number of benzene rings is 1. The lowest BCUT2D eigenvalue weighted by atomic mass is 9.74. The number of hydrogen-bond acceptors (Lipinski definition) is 3. The minimum atomic E-state index is -0.259. The first kappa shape index (κ1) is 16.5. The number of nitrogens with zero attached hydrogens (tertiary/aromatic N) is 3. The van der Waals surface area contributed by atoms with Crippen LogP contribution in [0, 0.1) is 5.82 Å². The molecule has 0 saturated carbocycles. The van der Waals surface area contributed by atoms with Gasteiger partial charge in [0.15, 0.2) is 0 Å². The van der Waals surface area contributed by atoms with E-state index in [-0.39, 0.29) is 22.3 Å². The van der Waals surface area contributed by atoms with Gasteiger partial charge in [-0.05, 0) is 68.9 Å². The second-order valence-corrected chi connectivity index (χ2v) is 7.34. The summed E-state index contributed by atoms with van der Waals surface area (Å²) >= 11 is 6.12. The molecule has 2 aliphatic heterocycles. The highest BCUT2D eigenvalue weighted by molar-refractivity contribution is 6.33. The van der Waals surface area contributed by atoms with Crippen molar-refractivity contribution in [2.75, 3.05) is 31.6 Å². The molecular weight excluding hydrogens is 341 g/mol. The van der Waals surface area contributed by atoms with E-state index >= 15 is 0 Å². The van der Waals surface area contributed by atoms with Crippen molar-refractivity contribution in [1.29, 1.82) is 0 Å². The van der Waals surface area contributed by atoms with Crippen LogP contribution in [0.4, 0.5) is 10.1 Å². The number of likely N-dealkylation sites (tertiary alicyclic amines) is 1. The largest absolute Gasteiger partial charge is 0.307 e. The lowest BCUT2D eigenvalue weighted by Gasteiger charge is -2.38. The molecule has 0 aliphatic carbocycles. The Balaban J connectivity index is 1.76. The van der Waals surface area contributed by atoms with Crippen molar-refractivity contribution >= 4 is 23.2 Å². The number of anilines is 1. The second-order valence-electron chi connectivity index (χ2n) is 6.98. The molecule has 1 aromatic carbocycles. The minimum absolute atomic E-state index is 0.179. The van der Waals surface area contributed by atoms with E-state index in [0.29, 0.717) is 12.1 Å². The smallest absolute Gasteiger partial charge is 0.261 e. The number of fused-ring (bicyclic) bond motifs is 2. The van der Waals surface area contributed by atoms with Crippen molar-refractivity contribution in [2.24, 2.45) is 0 Å². The number of piperidine rings is 1. The first-order valence-electron chi connectivity index (χ1n) is 8.41. The van der Waals surface area contributed by atoms with Crippen molar-refractivity contribution in [1.82, 2.24) is 9.88 Å². The molecule has 1 saturated heterocycles. The molecule has 3 heterocycles. The van der Waals surface area contributed by atoms with E-state index in [1.54, 1.807) is 35.4 Å². The molecule has 4 nitrogen and oxygen atoms in total. The van der Waals surface area contributed by atoms with Crippen LogP contribution in [-0.2, 0) is 5.41 Å². The van der Waals surface area contributed by atoms with Gasteiger partial charge in [0.05, 0.1) is 5.56 Å². The van der Waals surface area contributed by atoms with Crippen LogP contribution in [0.3, 0.4) is 0 Å². The first-order chi connectivity index (χ1) is 12.0. The third-order valence-electron chi connectivity index (χ3n) is 5.46. The molecule has 2 aromatic rings. The third-order valence-corrected chi connectivity index (χ3v) is 5.76. The van der Waals surface area contributed by atoms with Gasteiger partial charge in [0.2, 0.25) is 0 Å². The van der Waals surface area contributed by atoms with Gasteiger partial charge < -0.3 is 9.80 Å². The van der Waals surface area contributed by atoms with Gasteiger partial charge >= 0.3 is 0 Å². The van der Waals surface area contributed by atoms with Gasteiger partial charge in [0.25, 0.3) is 5.91 Å². The summed E-state index contributed by atoms with van der Waals surface area (Å²) in [7, 11) is 2.09. The Bertz CT molecular complexity index is 833. The number of amides is 1. The predicted octanol–water partition coefficient (Wildman–Crippen LogP) is 3.50. The van der Waals surface area contributed by atoms with Gasteiger partial charge in [0.1, 0.15) is 11.0 Å². The number of aromatic nitrogens is 1. The number of carbonyl (C=O) groups is 1. The molecule has 0 unspecified atom stereocenters. The fourth-order valence-electron chi connectivity index (χ4n) is 3.99. The molecular formula is C19H19ClFN3O. The molecule has 0 N–H and O–H groups in total. The van der Waals surface area contributed by atoms with Crippen molar-refractivity contribution in [3.63, 3.8) is 0 Å². The maximum atomic E-state index is 13.9. The van der Waals surface area contributed by atoms with Gasteiger partial charge in [-0.3, -0.25) is 4.79 Å². The Morgan fingerprint density at radius 2 is 2.04 bits per heavy atom. The number of halogens is 2. The maximum Gasteiger partial charge on any atom is 0.261 e. The van der Waals surface area contributed by atoms with Crippen LogP contribution in [0.5, 0.6) is 0 Å². The third kappa shape index (κ3) is 2.71. The van der Waals surface area contributed by atoms with E-state index in [4.69, 9.17) is 11.6 Å². The summed E-state index contributed by atoms with van der Waals surface area (Å²) in [5, 5.41) is 0.195. The summed E-state index contributed by atoms with van der Waals surface area (Å²) < 4.78 is 13.9. The Morgan fingerprint density at radius 3 is 2.76 bits per heavy atom. The normalized spacial score (nSPS) is 19.2. The predicted molar refractivity (Wildman–Crippen MR) is 95.7 cm³/mol. The molecule has 0 radical (unpaired) electrons. The molecule has 1 aromatic heterocycles. The van der Waals surface area contributed by atoms with Gasteiger partial charge in [-0.2, -0.15) is 0 Å². The molecule has 0 atom stereocenters. The minimum Gasteiger partial charge on any atom is -0.307 e.